The second-order valence-electron chi connectivity index (χ2n) is 8.75. The third-order valence-corrected chi connectivity index (χ3v) is 10.2. The van der Waals surface area contributed by atoms with Crippen molar-refractivity contribution in [1.29, 1.82) is 0 Å². The number of hydrogen-bond acceptors (Lipinski definition) is 3. The van der Waals surface area contributed by atoms with Crippen molar-refractivity contribution < 1.29 is 9.59 Å². The normalized spacial score (nSPS) is 17.3. The number of carbonyl (C=O) groups excluding carboxylic acids is 2. The first-order valence-electron chi connectivity index (χ1n) is 10.6. The van der Waals surface area contributed by atoms with Gasteiger partial charge in [0, 0.05) is 0 Å². The van der Waals surface area contributed by atoms with Gasteiger partial charge in [0.2, 0.25) is 0 Å². The molecule has 33 heavy (non-hydrogen) atoms. The van der Waals surface area contributed by atoms with Crippen LogP contribution in [0.2, 0.25) is 0 Å². The number of likely N-dealkylation sites (N-methyl/N-ethyl adjacent to an activating group) is 2. The molecular weight excluding hydrogens is 593 g/mol. The Kier molecular flexibility index (Phi) is 5.50. The summed E-state index contributed by atoms with van der Waals surface area (Å²) < 4.78 is 2.94. The molecule has 0 unspecified atom stereocenters. The van der Waals surface area contributed by atoms with Gasteiger partial charge < -0.3 is 0 Å². The Morgan fingerprint density at radius 2 is 1.48 bits per heavy atom. The van der Waals surface area contributed by atoms with Crippen molar-refractivity contribution in [3.05, 3.63) is 81.8 Å². The summed E-state index contributed by atoms with van der Waals surface area (Å²) in [6, 6.07) is 21.1. The van der Waals surface area contributed by atoms with E-state index >= 15 is 0 Å². The van der Waals surface area contributed by atoms with Crippen molar-refractivity contribution in [3.63, 3.8) is 0 Å². The molecule has 2 amide bonds. The minimum atomic E-state index is -0.248. The summed E-state index contributed by atoms with van der Waals surface area (Å²) >= 11 is 1.64. The summed E-state index contributed by atoms with van der Waals surface area (Å²) in [7, 11) is 3.43. The summed E-state index contributed by atoms with van der Waals surface area (Å²) in [6.45, 7) is 4.51. The van der Waals surface area contributed by atoms with Crippen LogP contribution in [0.1, 0.15) is 29.4 Å². The van der Waals surface area contributed by atoms with Gasteiger partial charge in [0.05, 0.1) is 0 Å². The van der Waals surface area contributed by atoms with Crippen LogP contribution in [0.15, 0.2) is 66.2 Å². The van der Waals surface area contributed by atoms with Gasteiger partial charge in [0.15, 0.2) is 0 Å². The van der Waals surface area contributed by atoms with E-state index in [2.05, 4.69) is 73.3 Å². The summed E-state index contributed by atoms with van der Waals surface area (Å²) in [4.78, 5) is 31.3. The van der Waals surface area contributed by atoms with Gasteiger partial charge in [-0.05, 0) is 0 Å². The Hall–Kier alpha value is -2.42. The third kappa shape index (κ3) is 3.46. The molecule has 2 aromatic carbocycles. The molecule has 0 aliphatic carbocycles. The van der Waals surface area contributed by atoms with E-state index in [1.807, 2.05) is 12.1 Å². The topological polar surface area (TPSA) is 43.9 Å². The molecule has 5 rings (SSSR count). The number of fused-ring (bicyclic) bond motifs is 2. The fourth-order valence-electron chi connectivity index (χ4n) is 4.49. The number of nitrogens with zero attached hydrogens (tertiary/aromatic N) is 3. The molecule has 0 saturated carbocycles. The van der Waals surface area contributed by atoms with Crippen LogP contribution < -0.4 is 4.90 Å². The molecule has 2 aliphatic heterocycles. The number of hydrogen-bond donors (Lipinski definition) is 0. The Labute approximate surface area is 212 Å². The van der Waals surface area contributed by atoms with Crippen molar-refractivity contribution >= 4 is 74.0 Å². The maximum atomic E-state index is 12.9. The maximum absolute atomic E-state index is 12.9. The van der Waals surface area contributed by atoms with E-state index in [1.165, 1.54) is 21.4 Å². The van der Waals surface area contributed by atoms with Crippen molar-refractivity contribution in [1.82, 2.24) is 9.80 Å². The first kappa shape index (κ1) is 22.4. The molecule has 166 valence electrons. The summed E-state index contributed by atoms with van der Waals surface area (Å²) in [6.07, 6.45) is 1.81. The average Bonchev–Trinajstić information content (AvgIpc) is 3.25. The quantitative estimate of drug-likeness (QED) is 0.252. The summed E-state index contributed by atoms with van der Waals surface area (Å²) in [5, 5.41) is 0. The van der Waals surface area contributed by atoms with Crippen molar-refractivity contribution in [2.45, 2.75) is 19.3 Å². The Bertz CT molecular complexity index is 1320. The van der Waals surface area contributed by atoms with E-state index in [0.29, 0.717) is 3.80 Å². The van der Waals surface area contributed by atoms with Crippen LogP contribution in [0.4, 0.5) is 15.9 Å². The number of anilines is 3. The predicted molar refractivity (Wildman–Crippen MR) is 134 cm³/mol. The van der Waals surface area contributed by atoms with Gasteiger partial charge in [-0.25, -0.2) is 0 Å². The van der Waals surface area contributed by atoms with E-state index in [1.54, 1.807) is 45.7 Å². The van der Waals surface area contributed by atoms with E-state index in [9.17, 15) is 9.59 Å². The van der Waals surface area contributed by atoms with Gasteiger partial charge in [0.25, 0.3) is 0 Å². The number of amides is 2. The Balaban J connectivity index is 1.69. The second kappa shape index (κ2) is 8.11. The van der Waals surface area contributed by atoms with E-state index in [0.717, 1.165) is 10.1 Å². The minimum absolute atomic E-state index is 0.0580. The fourth-order valence-corrected chi connectivity index (χ4v) is 7.68. The molecule has 0 bridgehead atoms. The average molecular weight is 616 g/mol. The molecule has 7 heteroatoms. The number of para-hydroxylation sites is 2. The van der Waals surface area contributed by atoms with Gasteiger partial charge >= 0.3 is 213 Å². The van der Waals surface area contributed by atoms with E-state index in [4.69, 9.17) is 0 Å². The molecule has 1 saturated heterocycles. The molecule has 0 atom stereocenters. The van der Waals surface area contributed by atoms with Crippen LogP contribution in [0.5, 0.6) is 0 Å². The van der Waals surface area contributed by atoms with Gasteiger partial charge in [0.1, 0.15) is 0 Å². The first-order valence-corrected chi connectivity index (χ1v) is 13.5. The molecule has 3 aromatic rings. The van der Waals surface area contributed by atoms with Crippen LogP contribution in [0.25, 0.3) is 6.08 Å². The zero-order valence-corrected chi connectivity index (χ0v) is 22.9. The molecule has 5 nitrogen and oxygen atoms in total. The SMILES string of the molecule is CN1C(=O)C(=Cc2cc3c([se]2)N(c2ccccc2)c2ccccc2C3(C)C)C(=O)N(C)C1=[Te]. The van der Waals surface area contributed by atoms with Crippen LogP contribution in [-0.2, 0) is 15.0 Å². The van der Waals surface area contributed by atoms with Crippen LogP contribution >= 0.6 is 0 Å². The molecule has 1 aromatic heterocycles. The molecule has 2 aliphatic rings. The van der Waals surface area contributed by atoms with Gasteiger partial charge in [-0.3, -0.25) is 0 Å². The zero-order valence-electron chi connectivity index (χ0n) is 18.8. The molecule has 0 spiro atoms. The van der Waals surface area contributed by atoms with Gasteiger partial charge in [-0.15, -0.1) is 0 Å². The molecule has 0 N–H and O–H groups in total. The number of carbonyl (C=O) groups is 2. The molecule has 0 radical (unpaired) electrons. The zero-order chi connectivity index (χ0) is 23.5. The van der Waals surface area contributed by atoms with Gasteiger partial charge in [-0.1, -0.05) is 0 Å². The summed E-state index contributed by atoms with van der Waals surface area (Å²) in [5.41, 5.74) is 4.86. The van der Waals surface area contributed by atoms with Crippen molar-refractivity contribution in [2.75, 3.05) is 19.0 Å². The Morgan fingerprint density at radius 1 is 0.879 bits per heavy atom. The van der Waals surface area contributed by atoms with Crippen LogP contribution in [0.3, 0.4) is 0 Å². The van der Waals surface area contributed by atoms with Crippen LogP contribution in [-0.4, -0.2) is 75.8 Å². The predicted octanol–water partition coefficient (Wildman–Crippen LogP) is 3.42. The fraction of sp³-hybridized carbons (Fsp3) is 0.192. The van der Waals surface area contributed by atoms with E-state index in [-0.39, 0.29) is 37.3 Å². The Morgan fingerprint density at radius 3 is 2.15 bits per heavy atom. The second-order valence-corrected chi connectivity index (χ2v) is 12.0. The summed E-state index contributed by atoms with van der Waals surface area (Å²) in [5.74, 6) is -0.496. The van der Waals surface area contributed by atoms with Crippen LogP contribution in [0, 0.1) is 0 Å². The molecular formula is C26H23N3O2SeTe. The van der Waals surface area contributed by atoms with Crippen molar-refractivity contribution in [2.24, 2.45) is 0 Å². The monoisotopic (exact) mass is 619 g/mol. The number of benzene rings is 2. The third-order valence-electron chi connectivity index (χ3n) is 6.37. The number of rotatable bonds is 2. The first-order chi connectivity index (χ1) is 15.7. The standard InChI is InChI=1S/C26H23N3O2SeTe/c1-26(2)19-12-8-9-13-21(19)29(16-10-6-5-7-11-16)24-20(26)15-17(32-24)14-18-22(30)27(3)25(33)28(4)23(18)31/h5-15H,1-4H3. The molecule has 3 heterocycles. The van der Waals surface area contributed by atoms with Crippen molar-refractivity contribution in [3.8, 4) is 0 Å². The van der Waals surface area contributed by atoms with E-state index < -0.39 is 0 Å². The van der Waals surface area contributed by atoms with Gasteiger partial charge in [-0.2, -0.15) is 0 Å². The molecule has 1 fully saturated rings.